The Kier molecular flexibility index (Phi) is 7.63. The maximum Gasteiger partial charge on any atom is 0.262 e. The zero-order chi connectivity index (χ0) is 19.8. The molecule has 0 atom stereocenters. The van der Waals surface area contributed by atoms with Gasteiger partial charge in [0.05, 0.1) is 17.7 Å². The van der Waals surface area contributed by atoms with Crippen LogP contribution < -0.4 is 20.1 Å². The molecule has 0 radical (unpaired) electrons. The Balaban J connectivity index is 1.69. The Morgan fingerprint density at radius 2 is 2.11 bits per heavy atom. The fraction of sp³-hybridized carbons (Fsp3) is 0.222. The van der Waals surface area contributed by atoms with E-state index in [0.717, 1.165) is 6.07 Å². The summed E-state index contributed by atoms with van der Waals surface area (Å²) in [6.07, 6.45) is 0.347. The number of nitrogens with one attached hydrogen (secondary N) is 2. The van der Waals surface area contributed by atoms with E-state index in [0.29, 0.717) is 30.0 Å². The van der Waals surface area contributed by atoms with Gasteiger partial charge in [0.25, 0.3) is 11.8 Å². The zero-order valence-electron chi connectivity index (χ0n) is 14.5. The molecule has 0 bridgehead atoms. The van der Waals surface area contributed by atoms with Gasteiger partial charge < -0.3 is 20.1 Å². The molecular weight excluding hydrogens is 395 g/mol. The van der Waals surface area contributed by atoms with Gasteiger partial charge in [0.1, 0.15) is 17.3 Å². The lowest BCUT2D eigenvalue weighted by Crippen LogP contribution is -2.31. The molecule has 0 fully saturated rings. The third-order valence-electron chi connectivity index (χ3n) is 3.38. The van der Waals surface area contributed by atoms with E-state index < -0.39 is 11.7 Å². The molecule has 1 aromatic heterocycles. The van der Waals surface area contributed by atoms with Crippen LogP contribution in [0.4, 0.5) is 4.39 Å². The van der Waals surface area contributed by atoms with Gasteiger partial charge in [-0.1, -0.05) is 18.2 Å². The number of amides is 2. The number of benzene rings is 1. The van der Waals surface area contributed by atoms with Gasteiger partial charge in [-0.25, -0.2) is 4.39 Å². The van der Waals surface area contributed by atoms with Crippen molar-refractivity contribution in [2.45, 2.75) is 6.42 Å². The van der Waals surface area contributed by atoms with Crippen molar-refractivity contribution in [3.63, 3.8) is 0 Å². The second-order valence-electron chi connectivity index (χ2n) is 5.38. The Labute approximate surface area is 164 Å². The fourth-order valence-electron chi connectivity index (χ4n) is 2.04. The van der Waals surface area contributed by atoms with E-state index in [1.807, 2.05) is 0 Å². The Bertz CT molecular complexity index is 841. The maximum absolute atomic E-state index is 13.3. The van der Waals surface area contributed by atoms with E-state index in [9.17, 15) is 14.0 Å². The van der Waals surface area contributed by atoms with Crippen molar-refractivity contribution >= 4 is 34.8 Å². The third kappa shape index (κ3) is 6.26. The topological polar surface area (TPSA) is 76.7 Å². The smallest absolute Gasteiger partial charge is 0.262 e. The van der Waals surface area contributed by atoms with Gasteiger partial charge in [-0.15, -0.1) is 11.3 Å². The van der Waals surface area contributed by atoms with E-state index in [4.69, 9.17) is 21.1 Å². The molecule has 0 aliphatic carbocycles. The highest BCUT2D eigenvalue weighted by atomic mass is 35.5. The van der Waals surface area contributed by atoms with Gasteiger partial charge in [-0.2, -0.15) is 0 Å². The summed E-state index contributed by atoms with van der Waals surface area (Å²) in [6.45, 7) is 3.71. The number of carbonyl (C=O) groups is 2. The van der Waals surface area contributed by atoms with E-state index in [2.05, 4.69) is 17.2 Å². The summed E-state index contributed by atoms with van der Waals surface area (Å²) in [5.41, 5.74) is 0.879. The summed E-state index contributed by atoms with van der Waals surface area (Å²) >= 11 is 6.94. The summed E-state index contributed by atoms with van der Waals surface area (Å²) in [6, 6.07) is 3.90. The van der Waals surface area contributed by atoms with Crippen molar-refractivity contribution < 1.29 is 23.5 Å². The largest absolute Gasteiger partial charge is 0.495 e. The lowest BCUT2D eigenvalue weighted by molar-refractivity contribution is -0.122. The zero-order valence-corrected chi connectivity index (χ0v) is 16.1. The van der Waals surface area contributed by atoms with Crippen LogP contribution in [-0.4, -0.2) is 32.1 Å². The molecule has 1 heterocycles. The van der Waals surface area contributed by atoms with E-state index in [1.54, 1.807) is 10.8 Å². The van der Waals surface area contributed by atoms with Gasteiger partial charge in [-0.05, 0) is 12.1 Å². The molecular formula is C18H18ClFN2O4S. The van der Waals surface area contributed by atoms with Gasteiger partial charge in [0.2, 0.25) is 0 Å². The van der Waals surface area contributed by atoms with Crippen LogP contribution in [0.25, 0.3) is 0 Å². The molecule has 0 unspecified atom stereocenters. The average Bonchev–Trinajstić information content (AvgIpc) is 3.11. The molecule has 2 aromatic rings. The first-order valence-corrected chi connectivity index (χ1v) is 9.16. The first kappa shape index (κ1) is 20.7. The Morgan fingerprint density at radius 3 is 2.81 bits per heavy atom. The molecule has 0 aliphatic heterocycles. The molecule has 0 saturated carbocycles. The highest BCUT2D eigenvalue weighted by molar-refractivity contribution is 7.08. The van der Waals surface area contributed by atoms with Crippen molar-refractivity contribution in [2.75, 3.05) is 20.3 Å². The quantitative estimate of drug-likeness (QED) is 0.662. The number of thiophene rings is 1. The minimum atomic E-state index is -0.628. The molecule has 9 heteroatoms. The SMILES string of the molecule is C=C(CCNC(=O)c1cscc1OC)NC(=O)COc1ccc(Cl)c(F)c1. The van der Waals surface area contributed by atoms with Crippen LogP contribution in [0.3, 0.4) is 0 Å². The van der Waals surface area contributed by atoms with Crippen LogP contribution in [0.15, 0.2) is 41.2 Å². The Hall–Kier alpha value is -2.58. The first-order valence-electron chi connectivity index (χ1n) is 7.84. The second-order valence-corrected chi connectivity index (χ2v) is 6.53. The van der Waals surface area contributed by atoms with Crippen LogP contribution in [-0.2, 0) is 4.79 Å². The van der Waals surface area contributed by atoms with Crippen molar-refractivity contribution in [1.29, 1.82) is 0 Å². The molecule has 0 aliphatic rings. The highest BCUT2D eigenvalue weighted by Gasteiger charge is 2.13. The van der Waals surface area contributed by atoms with Crippen LogP contribution in [0.1, 0.15) is 16.8 Å². The normalized spacial score (nSPS) is 10.2. The number of rotatable bonds is 9. The van der Waals surface area contributed by atoms with Gasteiger partial charge >= 0.3 is 0 Å². The number of ether oxygens (including phenoxy) is 2. The molecule has 144 valence electrons. The molecule has 2 rings (SSSR count). The number of halogens is 2. The fourth-order valence-corrected chi connectivity index (χ4v) is 2.93. The molecule has 2 N–H and O–H groups in total. The number of hydrogen-bond acceptors (Lipinski definition) is 5. The monoisotopic (exact) mass is 412 g/mol. The number of hydrogen-bond donors (Lipinski definition) is 2. The van der Waals surface area contributed by atoms with E-state index >= 15 is 0 Å². The average molecular weight is 413 g/mol. The summed E-state index contributed by atoms with van der Waals surface area (Å²) in [4.78, 5) is 23.9. The predicted octanol–water partition coefficient (Wildman–Crippen LogP) is 3.38. The maximum atomic E-state index is 13.3. The minimum absolute atomic E-state index is 0.0257. The molecule has 1 aromatic carbocycles. The summed E-state index contributed by atoms with van der Waals surface area (Å²) in [5, 5.41) is 8.69. The molecule has 6 nitrogen and oxygen atoms in total. The third-order valence-corrected chi connectivity index (χ3v) is 4.41. The summed E-state index contributed by atoms with van der Waals surface area (Å²) < 4.78 is 23.6. The lowest BCUT2D eigenvalue weighted by atomic mass is 10.2. The van der Waals surface area contributed by atoms with E-state index in [1.165, 1.54) is 30.6 Å². The standard InChI is InChI=1S/C18H18ClFN2O4S/c1-11(5-6-21-18(24)13-9-27-10-16(13)25-2)22-17(23)8-26-12-3-4-14(19)15(20)7-12/h3-4,7,9-10H,1,5-6,8H2,2H3,(H,21,24)(H,22,23). The first-order chi connectivity index (χ1) is 12.9. The number of methoxy groups -OCH3 is 1. The van der Waals surface area contributed by atoms with E-state index in [-0.39, 0.29) is 23.3 Å². The van der Waals surface area contributed by atoms with Gasteiger partial charge in [-0.3, -0.25) is 9.59 Å². The minimum Gasteiger partial charge on any atom is -0.495 e. The van der Waals surface area contributed by atoms with Crippen LogP contribution in [0, 0.1) is 5.82 Å². The van der Waals surface area contributed by atoms with Crippen LogP contribution in [0.2, 0.25) is 5.02 Å². The van der Waals surface area contributed by atoms with Gasteiger partial charge in [0, 0.05) is 35.5 Å². The highest BCUT2D eigenvalue weighted by Crippen LogP contribution is 2.22. The van der Waals surface area contributed by atoms with Crippen LogP contribution >= 0.6 is 22.9 Å². The number of carbonyl (C=O) groups excluding carboxylic acids is 2. The van der Waals surface area contributed by atoms with Gasteiger partial charge in [0.15, 0.2) is 6.61 Å². The molecule has 27 heavy (non-hydrogen) atoms. The predicted molar refractivity (Wildman–Crippen MR) is 102 cm³/mol. The lowest BCUT2D eigenvalue weighted by Gasteiger charge is -2.11. The van der Waals surface area contributed by atoms with Crippen molar-refractivity contribution in [3.05, 3.63) is 57.6 Å². The van der Waals surface area contributed by atoms with Crippen molar-refractivity contribution in [2.24, 2.45) is 0 Å². The molecule has 0 saturated heterocycles. The summed E-state index contributed by atoms with van der Waals surface area (Å²) in [5.74, 6) is -0.631. The van der Waals surface area contributed by atoms with Crippen LogP contribution in [0.5, 0.6) is 11.5 Å². The molecule has 2 amide bonds. The van der Waals surface area contributed by atoms with Crippen molar-refractivity contribution in [1.82, 2.24) is 10.6 Å². The molecule has 0 spiro atoms. The Morgan fingerprint density at radius 1 is 1.33 bits per heavy atom. The second kappa shape index (κ2) is 9.94. The summed E-state index contributed by atoms with van der Waals surface area (Å²) in [7, 11) is 1.50. The van der Waals surface area contributed by atoms with Crippen molar-refractivity contribution in [3.8, 4) is 11.5 Å².